The van der Waals surface area contributed by atoms with Crippen LogP contribution in [0.1, 0.15) is 31.9 Å². The van der Waals surface area contributed by atoms with E-state index in [2.05, 4.69) is 77.5 Å². The zero-order chi connectivity index (χ0) is 18.1. The lowest BCUT2D eigenvalue weighted by Gasteiger charge is -2.32. The van der Waals surface area contributed by atoms with Gasteiger partial charge in [-0.3, -0.25) is 4.90 Å². The number of halogens is 1. The van der Waals surface area contributed by atoms with E-state index in [1.807, 2.05) is 0 Å². The molecule has 0 radical (unpaired) electrons. The van der Waals surface area contributed by atoms with Crippen LogP contribution in [0.2, 0.25) is 0 Å². The zero-order valence-electron chi connectivity index (χ0n) is 16.8. The van der Waals surface area contributed by atoms with Gasteiger partial charge in [0, 0.05) is 45.8 Å². The standard InChI is InChI=1S/C20H35N5.HI/c1-5-21-20(22-14-17(2)3)23-15-18-6-8-19(9-7-18)16-25-12-10-24(4)11-13-25;/h6-9,17H,5,10-16H2,1-4H3,(H2,21,22,23);1H. The fourth-order valence-electron chi connectivity index (χ4n) is 2.83. The van der Waals surface area contributed by atoms with Gasteiger partial charge < -0.3 is 15.5 Å². The molecule has 1 aliphatic rings. The highest BCUT2D eigenvalue weighted by Crippen LogP contribution is 2.10. The Morgan fingerprint density at radius 1 is 1.04 bits per heavy atom. The van der Waals surface area contributed by atoms with Gasteiger partial charge in [-0.15, -0.1) is 24.0 Å². The van der Waals surface area contributed by atoms with Gasteiger partial charge in [-0.05, 0) is 31.0 Å². The maximum atomic E-state index is 4.69. The van der Waals surface area contributed by atoms with E-state index in [9.17, 15) is 0 Å². The molecule has 1 aromatic rings. The number of piperazine rings is 1. The van der Waals surface area contributed by atoms with E-state index < -0.39 is 0 Å². The van der Waals surface area contributed by atoms with Crippen molar-refractivity contribution >= 4 is 29.9 Å². The van der Waals surface area contributed by atoms with Crippen LogP contribution in [0.4, 0.5) is 0 Å². The van der Waals surface area contributed by atoms with Crippen molar-refractivity contribution in [1.29, 1.82) is 0 Å². The molecule has 5 nitrogen and oxygen atoms in total. The monoisotopic (exact) mass is 473 g/mol. The lowest BCUT2D eigenvalue weighted by Crippen LogP contribution is -2.43. The summed E-state index contributed by atoms with van der Waals surface area (Å²) in [6, 6.07) is 8.91. The average Bonchev–Trinajstić information content (AvgIpc) is 2.60. The van der Waals surface area contributed by atoms with Gasteiger partial charge in [0.15, 0.2) is 5.96 Å². The second-order valence-corrected chi connectivity index (χ2v) is 7.37. The van der Waals surface area contributed by atoms with E-state index in [0.29, 0.717) is 12.5 Å². The minimum Gasteiger partial charge on any atom is -0.357 e. The summed E-state index contributed by atoms with van der Waals surface area (Å²) in [6.07, 6.45) is 0. The maximum Gasteiger partial charge on any atom is 0.191 e. The molecule has 1 aromatic carbocycles. The third-order valence-electron chi connectivity index (χ3n) is 4.47. The Bertz CT molecular complexity index is 522. The quantitative estimate of drug-likeness (QED) is 0.363. The predicted molar refractivity (Wildman–Crippen MR) is 122 cm³/mol. The lowest BCUT2D eigenvalue weighted by molar-refractivity contribution is 0.148. The molecule has 0 aliphatic carbocycles. The van der Waals surface area contributed by atoms with Crippen LogP contribution in [-0.2, 0) is 13.1 Å². The molecule has 0 atom stereocenters. The van der Waals surface area contributed by atoms with Crippen LogP contribution in [0.15, 0.2) is 29.3 Å². The number of benzene rings is 1. The second kappa shape index (κ2) is 12.5. The van der Waals surface area contributed by atoms with Gasteiger partial charge in [0.1, 0.15) is 0 Å². The largest absolute Gasteiger partial charge is 0.357 e. The van der Waals surface area contributed by atoms with Crippen LogP contribution in [0, 0.1) is 5.92 Å². The molecule has 26 heavy (non-hydrogen) atoms. The Kier molecular flexibility index (Phi) is 11.2. The van der Waals surface area contributed by atoms with Crippen molar-refractivity contribution in [3.05, 3.63) is 35.4 Å². The summed E-state index contributed by atoms with van der Waals surface area (Å²) in [4.78, 5) is 9.62. The van der Waals surface area contributed by atoms with Crippen molar-refractivity contribution in [3.63, 3.8) is 0 Å². The van der Waals surface area contributed by atoms with Crippen molar-refractivity contribution in [2.24, 2.45) is 10.9 Å². The van der Waals surface area contributed by atoms with E-state index in [4.69, 9.17) is 0 Å². The molecular formula is C20H36IN5. The van der Waals surface area contributed by atoms with Crippen LogP contribution in [0.3, 0.4) is 0 Å². The molecule has 0 saturated carbocycles. The first-order valence-electron chi connectivity index (χ1n) is 9.57. The minimum absolute atomic E-state index is 0. The molecule has 0 aromatic heterocycles. The summed E-state index contributed by atoms with van der Waals surface area (Å²) in [6.45, 7) is 14.8. The van der Waals surface area contributed by atoms with Crippen molar-refractivity contribution in [1.82, 2.24) is 20.4 Å². The summed E-state index contributed by atoms with van der Waals surface area (Å²) in [7, 11) is 2.20. The van der Waals surface area contributed by atoms with Crippen LogP contribution in [0.25, 0.3) is 0 Å². The fourth-order valence-corrected chi connectivity index (χ4v) is 2.83. The number of rotatable bonds is 7. The number of guanidine groups is 1. The molecule has 1 saturated heterocycles. The molecule has 148 valence electrons. The Hall–Kier alpha value is -0.860. The third-order valence-corrected chi connectivity index (χ3v) is 4.47. The Morgan fingerprint density at radius 2 is 1.65 bits per heavy atom. The molecule has 6 heteroatoms. The topological polar surface area (TPSA) is 42.9 Å². The molecule has 0 bridgehead atoms. The summed E-state index contributed by atoms with van der Waals surface area (Å²) >= 11 is 0. The maximum absolute atomic E-state index is 4.69. The Morgan fingerprint density at radius 3 is 2.23 bits per heavy atom. The summed E-state index contributed by atoms with van der Waals surface area (Å²) in [5.74, 6) is 1.51. The highest BCUT2D eigenvalue weighted by molar-refractivity contribution is 14.0. The first-order valence-corrected chi connectivity index (χ1v) is 9.57. The SMILES string of the molecule is CCNC(=NCc1ccc(CN2CCN(C)CC2)cc1)NCC(C)C.I. The molecule has 0 unspecified atom stereocenters. The number of hydrogen-bond acceptors (Lipinski definition) is 3. The van der Waals surface area contributed by atoms with Gasteiger partial charge in [0.2, 0.25) is 0 Å². The minimum atomic E-state index is 0. The number of hydrogen-bond donors (Lipinski definition) is 2. The van der Waals surface area contributed by atoms with Gasteiger partial charge in [0.05, 0.1) is 6.54 Å². The first-order chi connectivity index (χ1) is 12.1. The molecule has 1 aliphatic heterocycles. The van der Waals surface area contributed by atoms with E-state index in [-0.39, 0.29) is 24.0 Å². The number of likely N-dealkylation sites (N-methyl/N-ethyl adjacent to an activating group) is 1. The van der Waals surface area contributed by atoms with Crippen LogP contribution in [-0.4, -0.2) is 62.1 Å². The van der Waals surface area contributed by atoms with E-state index in [1.165, 1.54) is 24.2 Å². The molecule has 1 fully saturated rings. The summed E-state index contributed by atoms with van der Waals surface area (Å²) < 4.78 is 0. The molecule has 0 spiro atoms. The third kappa shape index (κ3) is 8.68. The van der Waals surface area contributed by atoms with Gasteiger partial charge in [0.25, 0.3) is 0 Å². The lowest BCUT2D eigenvalue weighted by atomic mass is 10.1. The van der Waals surface area contributed by atoms with Crippen molar-refractivity contribution < 1.29 is 0 Å². The molecular weight excluding hydrogens is 437 g/mol. The highest BCUT2D eigenvalue weighted by Gasteiger charge is 2.13. The van der Waals surface area contributed by atoms with Crippen LogP contribution >= 0.6 is 24.0 Å². The molecule has 2 N–H and O–H groups in total. The van der Waals surface area contributed by atoms with E-state index in [0.717, 1.165) is 38.7 Å². The van der Waals surface area contributed by atoms with Crippen molar-refractivity contribution in [2.75, 3.05) is 46.3 Å². The van der Waals surface area contributed by atoms with Gasteiger partial charge >= 0.3 is 0 Å². The number of nitrogens with zero attached hydrogens (tertiary/aromatic N) is 3. The zero-order valence-corrected chi connectivity index (χ0v) is 19.1. The van der Waals surface area contributed by atoms with E-state index in [1.54, 1.807) is 0 Å². The Balaban J connectivity index is 0.00000338. The highest BCUT2D eigenvalue weighted by atomic mass is 127. The number of nitrogens with one attached hydrogen (secondary N) is 2. The van der Waals surface area contributed by atoms with Crippen molar-refractivity contribution in [3.8, 4) is 0 Å². The first kappa shape index (κ1) is 23.2. The molecule has 0 amide bonds. The van der Waals surface area contributed by atoms with Gasteiger partial charge in [-0.1, -0.05) is 38.1 Å². The van der Waals surface area contributed by atoms with Gasteiger partial charge in [-0.2, -0.15) is 0 Å². The van der Waals surface area contributed by atoms with Gasteiger partial charge in [-0.25, -0.2) is 4.99 Å². The second-order valence-electron chi connectivity index (χ2n) is 7.37. The Labute approximate surface area is 176 Å². The van der Waals surface area contributed by atoms with Crippen molar-refractivity contribution in [2.45, 2.75) is 33.9 Å². The van der Waals surface area contributed by atoms with Crippen LogP contribution in [0.5, 0.6) is 0 Å². The predicted octanol–water partition coefficient (Wildman–Crippen LogP) is 2.76. The van der Waals surface area contributed by atoms with Crippen LogP contribution < -0.4 is 10.6 Å². The summed E-state index contributed by atoms with van der Waals surface area (Å²) in [5.41, 5.74) is 2.64. The molecule has 2 rings (SSSR count). The smallest absolute Gasteiger partial charge is 0.191 e. The average molecular weight is 473 g/mol. The van der Waals surface area contributed by atoms with E-state index >= 15 is 0 Å². The number of aliphatic imine (C=N–C) groups is 1. The summed E-state index contributed by atoms with van der Waals surface area (Å²) in [5, 5.41) is 6.69. The fraction of sp³-hybridized carbons (Fsp3) is 0.650. The molecule has 1 heterocycles. The normalized spacial score (nSPS) is 16.4.